The normalized spacial score (nSPS) is 18.8. The fourth-order valence-electron chi connectivity index (χ4n) is 1.99. The van der Waals surface area contributed by atoms with E-state index in [0.29, 0.717) is 32.5 Å². The Hall–Kier alpha value is -1.28. The predicted octanol–water partition coefficient (Wildman–Crippen LogP) is 2.15. The van der Waals surface area contributed by atoms with Gasteiger partial charge in [0, 0.05) is 25.7 Å². The molecule has 1 aromatic rings. The zero-order valence-electron chi connectivity index (χ0n) is 10.5. The molecule has 19 heavy (non-hydrogen) atoms. The number of hydroxylamine groups is 2. The minimum Gasteiger partial charge on any atom is -0.474 e. The van der Waals surface area contributed by atoms with Gasteiger partial charge in [-0.3, -0.25) is 0 Å². The van der Waals surface area contributed by atoms with Gasteiger partial charge in [0.1, 0.15) is 6.10 Å². The summed E-state index contributed by atoms with van der Waals surface area (Å²) in [6.45, 7) is 2.93. The zero-order valence-corrected chi connectivity index (χ0v) is 10.5. The Kier molecular flexibility index (Phi) is 4.00. The molecule has 0 aliphatic carbocycles. The molecule has 0 unspecified atom stereocenters. The molecule has 1 saturated heterocycles. The van der Waals surface area contributed by atoms with E-state index in [1.165, 1.54) is 9.75 Å². The number of hydrogen-bond donors (Lipinski definition) is 1. The van der Waals surface area contributed by atoms with Crippen molar-refractivity contribution in [3.05, 3.63) is 11.8 Å². The van der Waals surface area contributed by atoms with Crippen molar-refractivity contribution in [2.24, 2.45) is 0 Å². The molecule has 0 aromatic carbocycles. The Morgan fingerprint density at radius 3 is 2.58 bits per heavy atom. The summed E-state index contributed by atoms with van der Waals surface area (Å²) in [6, 6.07) is 0.925. The van der Waals surface area contributed by atoms with Gasteiger partial charge in [0.2, 0.25) is 5.88 Å². The number of hydrogen-bond acceptors (Lipinski definition) is 4. The minimum atomic E-state index is -4.47. The Labute approximate surface area is 108 Å². The lowest BCUT2D eigenvalue weighted by Crippen LogP contribution is -2.36. The largest absolute Gasteiger partial charge is 0.474 e. The summed E-state index contributed by atoms with van der Waals surface area (Å²) >= 11 is 0. The van der Waals surface area contributed by atoms with E-state index in [1.807, 2.05) is 0 Å². The second-order valence-electron chi connectivity index (χ2n) is 4.45. The highest BCUT2D eigenvalue weighted by atomic mass is 19.4. The molecule has 2 rings (SSSR count). The lowest BCUT2D eigenvalue weighted by molar-refractivity contribution is -0.141. The molecule has 1 aliphatic rings. The number of piperidine rings is 1. The van der Waals surface area contributed by atoms with E-state index in [1.54, 1.807) is 6.92 Å². The summed E-state index contributed by atoms with van der Waals surface area (Å²) < 4.78 is 44.5. The standard InChI is InChI=1S/C11H16F3N3O2/c1-2-17-10(7-9(15-17)11(12,13)14)19-8-3-5-16(18)6-4-8/h7-8,18H,2-6H2,1H3. The third kappa shape index (κ3) is 3.38. The maximum Gasteiger partial charge on any atom is 0.435 e. The highest BCUT2D eigenvalue weighted by Gasteiger charge is 2.35. The molecule has 0 bridgehead atoms. The Morgan fingerprint density at radius 2 is 2.05 bits per heavy atom. The van der Waals surface area contributed by atoms with Gasteiger partial charge in [0.25, 0.3) is 0 Å². The maximum absolute atomic E-state index is 12.6. The van der Waals surface area contributed by atoms with Crippen LogP contribution in [0, 0.1) is 0 Å². The predicted molar refractivity (Wildman–Crippen MR) is 59.9 cm³/mol. The number of rotatable bonds is 3. The number of aryl methyl sites for hydroxylation is 1. The first-order chi connectivity index (χ1) is 8.90. The summed E-state index contributed by atoms with van der Waals surface area (Å²) in [4.78, 5) is 0. The van der Waals surface area contributed by atoms with Gasteiger partial charge in [-0.1, -0.05) is 0 Å². The molecule has 1 N–H and O–H groups in total. The molecule has 0 saturated carbocycles. The number of nitrogens with zero attached hydrogens (tertiary/aromatic N) is 3. The number of ether oxygens (including phenoxy) is 1. The summed E-state index contributed by atoms with van der Waals surface area (Å²) in [5.74, 6) is 0.131. The van der Waals surface area contributed by atoms with Gasteiger partial charge in [-0.2, -0.15) is 23.3 Å². The maximum atomic E-state index is 12.6. The van der Waals surface area contributed by atoms with Gasteiger partial charge in [-0.25, -0.2) is 4.68 Å². The number of aromatic nitrogens is 2. The second kappa shape index (κ2) is 5.38. The summed E-state index contributed by atoms with van der Waals surface area (Å²) in [6.07, 6.45) is -3.50. The molecule has 5 nitrogen and oxygen atoms in total. The average molecular weight is 279 g/mol. The monoisotopic (exact) mass is 279 g/mol. The van der Waals surface area contributed by atoms with Crippen LogP contribution in [0.4, 0.5) is 13.2 Å². The average Bonchev–Trinajstić information content (AvgIpc) is 2.75. The van der Waals surface area contributed by atoms with Crippen molar-refractivity contribution >= 4 is 0 Å². The fourth-order valence-corrected chi connectivity index (χ4v) is 1.99. The smallest absolute Gasteiger partial charge is 0.435 e. The van der Waals surface area contributed by atoms with Crippen molar-refractivity contribution in [1.82, 2.24) is 14.8 Å². The van der Waals surface area contributed by atoms with E-state index in [2.05, 4.69) is 5.10 Å². The van der Waals surface area contributed by atoms with E-state index < -0.39 is 11.9 Å². The molecule has 0 amide bonds. The van der Waals surface area contributed by atoms with Gasteiger partial charge < -0.3 is 9.94 Å². The summed E-state index contributed by atoms with van der Waals surface area (Å²) in [7, 11) is 0. The van der Waals surface area contributed by atoms with E-state index >= 15 is 0 Å². The highest BCUT2D eigenvalue weighted by Crippen LogP contribution is 2.31. The van der Waals surface area contributed by atoms with Crippen molar-refractivity contribution < 1.29 is 23.1 Å². The van der Waals surface area contributed by atoms with Crippen LogP contribution in [0.3, 0.4) is 0 Å². The van der Waals surface area contributed by atoms with Crippen molar-refractivity contribution in [3.8, 4) is 5.88 Å². The van der Waals surface area contributed by atoms with E-state index in [-0.39, 0.29) is 12.0 Å². The zero-order chi connectivity index (χ0) is 14.0. The number of alkyl halides is 3. The molecule has 1 aromatic heterocycles. The second-order valence-corrected chi connectivity index (χ2v) is 4.45. The fraction of sp³-hybridized carbons (Fsp3) is 0.727. The molecule has 2 heterocycles. The van der Waals surface area contributed by atoms with Crippen LogP contribution in [-0.2, 0) is 12.7 Å². The van der Waals surface area contributed by atoms with Crippen molar-refractivity contribution in [2.75, 3.05) is 13.1 Å². The summed E-state index contributed by atoms with van der Waals surface area (Å²) in [5.41, 5.74) is -0.941. The van der Waals surface area contributed by atoms with Crippen molar-refractivity contribution in [3.63, 3.8) is 0 Å². The van der Waals surface area contributed by atoms with Crippen molar-refractivity contribution in [1.29, 1.82) is 0 Å². The van der Waals surface area contributed by atoms with Crippen LogP contribution >= 0.6 is 0 Å². The molecule has 0 spiro atoms. The Bertz CT molecular complexity index is 425. The first-order valence-corrected chi connectivity index (χ1v) is 6.15. The van der Waals surface area contributed by atoms with Gasteiger partial charge in [0.15, 0.2) is 5.69 Å². The van der Waals surface area contributed by atoms with Crippen LogP contribution in [0.2, 0.25) is 0 Å². The first-order valence-electron chi connectivity index (χ1n) is 6.15. The van der Waals surface area contributed by atoms with Crippen LogP contribution < -0.4 is 4.74 Å². The molecular weight excluding hydrogens is 263 g/mol. The van der Waals surface area contributed by atoms with Crippen LogP contribution in [0.25, 0.3) is 0 Å². The summed E-state index contributed by atoms with van der Waals surface area (Å²) in [5, 5.41) is 13.9. The topological polar surface area (TPSA) is 50.5 Å². The molecule has 8 heteroatoms. The van der Waals surface area contributed by atoms with E-state index in [0.717, 1.165) is 6.07 Å². The van der Waals surface area contributed by atoms with Crippen LogP contribution in [0.15, 0.2) is 6.07 Å². The van der Waals surface area contributed by atoms with Crippen LogP contribution in [0.1, 0.15) is 25.5 Å². The third-order valence-corrected chi connectivity index (χ3v) is 3.04. The molecule has 1 aliphatic heterocycles. The van der Waals surface area contributed by atoms with E-state index in [4.69, 9.17) is 4.74 Å². The molecule has 108 valence electrons. The Morgan fingerprint density at radius 1 is 1.42 bits per heavy atom. The van der Waals surface area contributed by atoms with Gasteiger partial charge in [-0.05, 0) is 19.8 Å². The SMILES string of the molecule is CCn1nc(C(F)(F)F)cc1OC1CCN(O)CC1. The first kappa shape index (κ1) is 14.1. The molecule has 1 fully saturated rings. The minimum absolute atomic E-state index is 0.131. The lowest BCUT2D eigenvalue weighted by atomic mass is 10.1. The van der Waals surface area contributed by atoms with Gasteiger partial charge in [0.05, 0.1) is 0 Å². The molecule has 0 atom stereocenters. The molecular formula is C11H16F3N3O2. The van der Waals surface area contributed by atoms with Crippen molar-refractivity contribution in [2.45, 2.75) is 38.6 Å². The Balaban J connectivity index is 2.09. The van der Waals surface area contributed by atoms with E-state index in [9.17, 15) is 18.4 Å². The number of halogens is 3. The van der Waals surface area contributed by atoms with Crippen LogP contribution in [-0.4, -0.2) is 39.2 Å². The third-order valence-electron chi connectivity index (χ3n) is 3.04. The quantitative estimate of drug-likeness (QED) is 0.921. The molecule has 0 radical (unpaired) electrons. The van der Waals surface area contributed by atoms with Crippen LogP contribution in [0.5, 0.6) is 5.88 Å². The lowest BCUT2D eigenvalue weighted by Gasteiger charge is -2.27. The van der Waals surface area contributed by atoms with Gasteiger partial charge >= 0.3 is 6.18 Å². The van der Waals surface area contributed by atoms with Gasteiger partial charge in [-0.15, -0.1) is 0 Å². The highest BCUT2D eigenvalue weighted by molar-refractivity contribution is 5.19.